The third kappa shape index (κ3) is 4.03. The van der Waals surface area contributed by atoms with Crippen molar-refractivity contribution in [2.24, 2.45) is 11.8 Å². The molecule has 0 radical (unpaired) electrons. The molecule has 0 aliphatic rings. The van der Waals surface area contributed by atoms with Crippen LogP contribution >= 0.6 is 0 Å². The molecule has 4 nitrogen and oxygen atoms in total. The maximum Gasteiger partial charge on any atom is 0.321 e. The summed E-state index contributed by atoms with van der Waals surface area (Å²) >= 11 is 0. The minimum atomic E-state index is -1.02. The molecular formula is C11H16O4. The lowest BCUT2D eigenvalue weighted by Crippen LogP contribution is -2.32. The van der Waals surface area contributed by atoms with Crippen molar-refractivity contribution in [1.29, 1.82) is 0 Å². The minimum absolute atomic E-state index is 0.214. The lowest BCUT2D eigenvalue weighted by Gasteiger charge is -2.16. The highest BCUT2D eigenvalue weighted by molar-refractivity contribution is 5.95. The van der Waals surface area contributed by atoms with Crippen molar-refractivity contribution in [3.05, 3.63) is 0 Å². The van der Waals surface area contributed by atoms with E-state index in [-0.39, 0.29) is 13.2 Å². The Morgan fingerprint density at radius 2 is 1.60 bits per heavy atom. The number of carbonyl (C=O) groups excluding carboxylic acids is 2. The van der Waals surface area contributed by atoms with Gasteiger partial charge in [0.15, 0.2) is 5.92 Å². The fourth-order valence-electron chi connectivity index (χ4n) is 1.06. The summed E-state index contributed by atoms with van der Waals surface area (Å²) in [5.74, 6) is -0.449. The number of esters is 2. The lowest BCUT2D eigenvalue weighted by atomic mass is 9.95. The first kappa shape index (κ1) is 13.5. The highest BCUT2D eigenvalue weighted by atomic mass is 16.6. The Hall–Kier alpha value is -1.50. The van der Waals surface area contributed by atoms with Crippen LogP contribution in [0.1, 0.15) is 20.8 Å². The van der Waals surface area contributed by atoms with Crippen LogP contribution in [0.3, 0.4) is 0 Å². The van der Waals surface area contributed by atoms with Crippen LogP contribution in [-0.4, -0.2) is 25.2 Å². The number of rotatable bonds is 5. The zero-order chi connectivity index (χ0) is 11.8. The van der Waals surface area contributed by atoms with Crippen LogP contribution in [0.4, 0.5) is 0 Å². The Morgan fingerprint density at radius 1 is 1.20 bits per heavy atom. The topological polar surface area (TPSA) is 52.6 Å². The molecule has 1 atom stereocenters. The number of carbonyl (C=O) groups is 2. The molecular weight excluding hydrogens is 196 g/mol. The Morgan fingerprint density at radius 3 is 1.87 bits per heavy atom. The molecule has 0 aliphatic carbocycles. The van der Waals surface area contributed by atoms with Gasteiger partial charge < -0.3 is 9.47 Å². The molecule has 0 fully saturated rings. The van der Waals surface area contributed by atoms with E-state index < -0.39 is 23.8 Å². The molecule has 0 saturated carbocycles. The average Bonchev–Trinajstić information content (AvgIpc) is 2.18. The largest absolute Gasteiger partial charge is 0.465 e. The molecule has 84 valence electrons. The number of hydrogen-bond acceptors (Lipinski definition) is 4. The van der Waals surface area contributed by atoms with Crippen LogP contribution in [0, 0.1) is 24.2 Å². The lowest BCUT2D eigenvalue weighted by molar-refractivity contribution is -0.163. The van der Waals surface area contributed by atoms with Gasteiger partial charge in [-0.3, -0.25) is 9.59 Å². The summed E-state index contributed by atoms with van der Waals surface area (Å²) in [6.45, 7) is 5.37. The van der Waals surface area contributed by atoms with E-state index in [2.05, 4.69) is 5.92 Å². The highest BCUT2D eigenvalue weighted by Gasteiger charge is 2.33. The molecule has 0 rings (SSSR count). The van der Waals surface area contributed by atoms with E-state index in [1.54, 1.807) is 20.8 Å². The van der Waals surface area contributed by atoms with Gasteiger partial charge >= 0.3 is 11.9 Å². The van der Waals surface area contributed by atoms with Gasteiger partial charge in [0.05, 0.1) is 13.2 Å². The van der Waals surface area contributed by atoms with Crippen LogP contribution in [-0.2, 0) is 19.1 Å². The summed E-state index contributed by atoms with van der Waals surface area (Å²) < 4.78 is 9.52. The van der Waals surface area contributed by atoms with Crippen molar-refractivity contribution in [2.45, 2.75) is 20.8 Å². The highest BCUT2D eigenvalue weighted by Crippen LogP contribution is 2.14. The first-order valence-electron chi connectivity index (χ1n) is 4.87. The van der Waals surface area contributed by atoms with E-state index in [1.807, 2.05) is 0 Å². The third-order valence-electron chi connectivity index (χ3n) is 1.84. The second-order valence-corrected chi connectivity index (χ2v) is 2.94. The molecule has 0 heterocycles. The van der Waals surface area contributed by atoms with Gasteiger partial charge in [-0.05, 0) is 20.8 Å². The zero-order valence-corrected chi connectivity index (χ0v) is 9.28. The van der Waals surface area contributed by atoms with Crippen LogP contribution in [0.25, 0.3) is 0 Å². The molecule has 0 aliphatic heterocycles. The first-order valence-corrected chi connectivity index (χ1v) is 4.87. The summed E-state index contributed by atoms with van der Waals surface area (Å²) in [4.78, 5) is 22.9. The first-order chi connectivity index (χ1) is 7.08. The predicted molar refractivity (Wildman–Crippen MR) is 54.8 cm³/mol. The van der Waals surface area contributed by atoms with E-state index in [0.717, 1.165) is 0 Å². The van der Waals surface area contributed by atoms with E-state index in [1.165, 1.54) is 0 Å². The zero-order valence-electron chi connectivity index (χ0n) is 9.28. The molecule has 0 saturated heterocycles. The summed E-state index contributed by atoms with van der Waals surface area (Å²) in [6.07, 6.45) is 5.18. The molecule has 0 aromatic rings. The van der Waals surface area contributed by atoms with E-state index >= 15 is 0 Å². The van der Waals surface area contributed by atoms with Crippen LogP contribution in [0.2, 0.25) is 0 Å². The molecule has 0 N–H and O–H groups in total. The quantitative estimate of drug-likeness (QED) is 0.387. The molecule has 4 heteroatoms. The monoisotopic (exact) mass is 212 g/mol. The summed E-state index contributed by atoms with van der Waals surface area (Å²) in [6, 6.07) is 0. The standard InChI is InChI=1S/C11H16O4/c1-5-8(4)9(10(12)14-6-2)11(13)15-7-3/h1,8-9H,6-7H2,2-4H3/t8-/m1/s1. The summed E-state index contributed by atoms with van der Waals surface area (Å²) in [7, 11) is 0. The van der Waals surface area contributed by atoms with Crippen molar-refractivity contribution >= 4 is 11.9 Å². The normalized spacial score (nSPS) is 11.7. The number of hydrogen-bond donors (Lipinski definition) is 0. The average molecular weight is 212 g/mol. The third-order valence-corrected chi connectivity index (χ3v) is 1.84. The molecule has 0 spiro atoms. The fourth-order valence-corrected chi connectivity index (χ4v) is 1.06. The van der Waals surface area contributed by atoms with Crippen LogP contribution < -0.4 is 0 Å². The molecule has 0 unspecified atom stereocenters. The molecule has 0 amide bonds. The SMILES string of the molecule is C#C[C@@H](C)C(C(=O)OCC)C(=O)OCC. The Labute approximate surface area is 89.9 Å². The fraction of sp³-hybridized carbons (Fsp3) is 0.636. The van der Waals surface area contributed by atoms with Gasteiger partial charge in [-0.2, -0.15) is 0 Å². The van der Waals surface area contributed by atoms with Crippen molar-refractivity contribution in [3.8, 4) is 12.3 Å². The maximum absolute atomic E-state index is 11.4. The van der Waals surface area contributed by atoms with Gasteiger partial charge in [-0.25, -0.2) is 0 Å². The van der Waals surface area contributed by atoms with Gasteiger partial charge in [0.1, 0.15) is 0 Å². The Bertz CT molecular complexity index is 246. The van der Waals surface area contributed by atoms with E-state index in [4.69, 9.17) is 15.9 Å². The van der Waals surface area contributed by atoms with Crippen molar-refractivity contribution in [2.75, 3.05) is 13.2 Å². The van der Waals surface area contributed by atoms with E-state index in [0.29, 0.717) is 0 Å². The van der Waals surface area contributed by atoms with Crippen LogP contribution in [0.15, 0.2) is 0 Å². The van der Waals surface area contributed by atoms with Gasteiger partial charge in [0.25, 0.3) is 0 Å². The molecule has 15 heavy (non-hydrogen) atoms. The van der Waals surface area contributed by atoms with E-state index in [9.17, 15) is 9.59 Å². The van der Waals surface area contributed by atoms with Gasteiger partial charge in [0, 0.05) is 5.92 Å². The number of ether oxygens (including phenoxy) is 2. The van der Waals surface area contributed by atoms with Crippen molar-refractivity contribution < 1.29 is 19.1 Å². The van der Waals surface area contributed by atoms with Crippen molar-refractivity contribution in [1.82, 2.24) is 0 Å². The van der Waals surface area contributed by atoms with Gasteiger partial charge in [0.2, 0.25) is 0 Å². The second kappa shape index (κ2) is 6.88. The Balaban J connectivity index is 4.66. The van der Waals surface area contributed by atoms with Crippen molar-refractivity contribution in [3.63, 3.8) is 0 Å². The van der Waals surface area contributed by atoms with Crippen LogP contribution in [0.5, 0.6) is 0 Å². The predicted octanol–water partition coefficient (Wildman–Crippen LogP) is 0.998. The van der Waals surface area contributed by atoms with Gasteiger partial charge in [-0.15, -0.1) is 12.3 Å². The second-order valence-electron chi connectivity index (χ2n) is 2.94. The minimum Gasteiger partial charge on any atom is -0.465 e. The summed E-state index contributed by atoms with van der Waals surface area (Å²) in [5, 5.41) is 0. The Kier molecular flexibility index (Phi) is 6.19. The summed E-state index contributed by atoms with van der Waals surface area (Å²) in [5.41, 5.74) is 0. The molecule has 0 aromatic carbocycles. The smallest absolute Gasteiger partial charge is 0.321 e. The maximum atomic E-state index is 11.4. The van der Waals surface area contributed by atoms with Gasteiger partial charge in [-0.1, -0.05) is 0 Å². The molecule has 0 aromatic heterocycles. The molecule has 0 bridgehead atoms. The number of terminal acetylenes is 1.